The molecule has 0 saturated heterocycles. The number of nitrogens with two attached hydrogens (primary N) is 1. The Kier molecular flexibility index (Phi) is 4.73. The summed E-state index contributed by atoms with van der Waals surface area (Å²) in [5, 5.41) is 10.0. The first-order valence-corrected chi connectivity index (χ1v) is 8.78. The van der Waals surface area contributed by atoms with Crippen LogP contribution in [0.3, 0.4) is 0 Å². The first-order chi connectivity index (χ1) is 9.34. The molecule has 2 rings (SSSR count). The predicted molar refractivity (Wildman–Crippen MR) is 81.8 cm³/mol. The van der Waals surface area contributed by atoms with E-state index in [1.807, 2.05) is 0 Å². The molecule has 1 aliphatic carbocycles. The number of rotatable bonds is 3. The zero-order chi connectivity index (χ0) is 14.9. The Balaban J connectivity index is 2.31. The second kappa shape index (κ2) is 6.01. The van der Waals surface area contributed by atoms with Crippen molar-refractivity contribution in [3.63, 3.8) is 0 Å². The van der Waals surface area contributed by atoms with Gasteiger partial charge in [0.1, 0.15) is 0 Å². The summed E-state index contributed by atoms with van der Waals surface area (Å²) in [7, 11) is -2.12. The third-order valence-electron chi connectivity index (χ3n) is 3.81. The van der Waals surface area contributed by atoms with E-state index in [9.17, 15) is 13.5 Å². The Labute approximate surface area is 128 Å². The molecule has 0 heterocycles. The average Bonchev–Trinajstić information content (AvgIpc) is 2.41. The summed E-state index contributed by atoms with van der Waals surface area (Å²) in [5.74, 6) is 0. The molecule has 3 N–H and O–H groups in total. The number of nitrogen functional groups attached to an aromatic ring is 1. The molecule has 0 aromatic heterocycles. The lowest BCUT2D eigenvalue weighted by molar-refractivity contribution is 0.0638. The highest BCUT2D eigenvalue weighted by molar-refractivity contribution is 9.10. The van der Waals surface area contributed by atoms with Crippen LogP contribution in [0, 0.1) is 0 Å². The maximum atomic E-state index is 12.6. The molecular formula is C13H19BrN2O3S. The largest absolute Gasteiger partial charge is 0.398 e. The molecule has 1 saturated carbocycles. The molecule has 112 valence electrons. The van der Waals surface area contributed by atoms with Crippen molar-refractivity contribution in [2.45, 2.75) is 42.7 Å². The van der Waals surface area contributed by atoms with Crippen molar-refractivity contribution in [3.05, 3.63) is 22.7 Å². The highest BCUT2D eigenvalue weighted by Gasteiger charge is 2.34. The summed E-state index contributed by atoms with van der Waals surface area (Å²) in [5.41, 5.74) is 6.12. The maximum Gasteiger partial charge on any atom is 0.243 e. The first-order valence-electron chi connectivity index (χ1n) is 6.55. The van der Waals surface area contributed by atoms with E-state index >= 15 is 0 Å². The molecule has 1 aromatic carbocycles. The second-order valence-corrected chi connectivity index (χ2v) is 7.98. The van der Waals surface area contributed by atoms with Gasteiger partial charge in [-0.15, -0.1) is 0 Å². The number of halogens is 1. The lowest BCUT2D eigenvalue weighted by Crippen LogP contribution is -2.46. The topological polar surface area (TPSA) is 83.6 Å². The van der Waals surface area contributed by atoms with Gasteiger partial charge in [0.25, 0.3) is 0 Å². The van der Waals surface area contributed by atoms with E-state index in [0.29, 0.717) is 23.0 Å². The van der Waals surface area contributed by atoms with E-state index in [-0.39, 0.29) is 10.9 Å². The normalized spacial score (nSPS) is 24.0. The SMILES string of the molecule is CN(C1CCCCC1O)S(=O)(=O)c1ccc(Br)c(N)c1. The second-order valence-electron chi connectivity index (χ2n) is 5.12. The summed E-state index contributed by atoms with van der Waals surface area (Å²) < 4.78 is 27.1. The molecular weight excluding hydrogens is 344 g/mol. The van der Waals surface area contributed by atoms with E-state index < -0.39 is 16.1 Å². The van der Waals surface area contributed by atoms with E-state index in [2.05, 4.69) is 15.9 Å². The number of aliphatic hydroxyl groups excluding tert-OH is 1. The highest BCUT2D eigenvalue weighted by atomic mass is 79.9. The molecule has 0 spiro atoms. The van der Waals surface area contributed by atoms with Crippen LogP contribution in [0.4, 0.5) is 5.69 Å². The smallest absolute Gasteiger partial charge is 0.243 e. The van der Waals surface area contributed by atoms with Gasteiger partial charge in [-0.05, 0) is 47.0 Å². The Bertz CT molecular complexity index is 591. The van der Waals surface area contributed by atoms with Crippen LogP contribution < -0.4 is 5.73 Å². The number of hydrogen-bond donors (Lipinski definition) is 2. The van der Waals surface area contributed by atoms with Crippen LogP contribution in [0.1, 0.15) is 25.7 Å². The number of sulfonamides is 1. The van der Waals surface area contributed by atoms with Crippen molar-refractivity contribution in [1.29, 1.82) is 0 Å². The molecule has 1 fully saturated rings. The highest BCUT2D eigenvalue weighted by Crippen LogP contribution is 2.29. The fourth-order valence-corrected chi connectivity index (χ4v) is 4.24. The Morgan fingerprint density at radius 3 is 2.60 bits per heavy atom. The van der Waals surface area contributed by atoms with Crippen LogP contribution in [-0.4, -0.2) is 37.0 Å². The predicted octanol–water partition coefficient (Wildman–Crippen LogP) is 1.96. The lowest BCUT2D eigenvalue weighted by Gasteiger charge is -2.34. The molecule has 0 bridgehead atoms. The minimum absolute atomic E-state index is 0.151. The molecule has 2 unspecified atom stereocenters. The molecule has 5 nitrogen and oxygen atoms in total. The van der Waals surface area contributed by atoms with Crippen LogP contribution >= 0.6 is 15.9 Å². The quantitative estimate of drug-likeness (QED) is 0.805. The van der Waals surface area contributed by atoms with Gasteiger partial charge in [0.2, 0.25) is 10.0 Å². The number of likely N-dealkylation sites (N-methyl/N-ethyl adjacent to an activating group) is 1. The number of hydrogen-bond acceptors (Lipinski definition) is 4. The summed E-state index contributed by atoms with van der Waals surface area (Å²) >= 11 is 3.25. The zero-order valence-electron chi connectivity index (χ0n) is 11.3. The number of benzene rings is 1. The van der Waals surface area contributed by atoms with E-state index in [4.69, 9.17) is 5.73 Å². The standard InChI is InChI=1S/C13H19BrN2O3S/c1-16(12-4-2-3-5-13(12)17)20(18,19)9-6-7-10(14)11(15)8-9/h6-8,12-13,17H,2-5,15H2,1H3. The lowest BCUT2D eigenvalue weighted by atomic mass is 9.93. The third kappa shape index (κ3) is 3.00. The van der Waals surface area contributed by atoms with Gasteiger partial charge < -0.3 is 10.8 Å². The average molecular weight is 363 g/mol. The van der Waals surface area contributed by atoms with Gasteiger partial charge in [-0.2, -0.15) is 4.31 Å². The van der Waals surface area contributed by atoms with Crippen molar-refractivity contribution in [2.75, 3.05) is 12.8 Å². The van der Waals surface area contributed by atoms with Gasteiger partial charge in [-0.25, -0.2) is 8.42 Å². The van der Waals surface area contributed by atoms with E-state index in [0.717, 1.165) is 12.8 Å². The van der Waals surface area contributed by atoms with Gasteiger partial charge in [0.15, 0.2) is 0 Å². The molecule has 0 amide bonds. The monoisotopic (exact) mass is 362 g/mol. The first kappa shape index (κ1) is 15.8. The van der Waals surface area contributed by atoms with Gasteiger partial charge in [0, 0.05) is 17.2 Å². The molecule has 1 aromatic rings. The van der Waals surface area contributed by atoms with Crippen LogP contribution in [0.15, 0.2) is 27.6 Å². The zero-order valence-corrected chi connectivity index (χ0v) is 13.7. The van der Waals surface area contributed by atoms with Gasteiger partial charge >= 0.3 is 0 Å². The van der Waals surface area contributed by atoms with Crippen molar-refractivity contribution in [3.8, 4) is 0 Å². The Hall–Kier alpha value is -0.630. The molecule has 20 heavy (non-hydrogen) atoms. The van der Waals surface area contributed by atoms with E-state index in [1.165, 1.54) is 23.5 Å². The Morgan fingerprint density at radius 2 is 2.00 bits per heavy atom. The summed E-state index contributed by atoms with van der Waals surface area (Å²) in [4.78, 5) is 0.151. The van der Waals surface area contributed by atoms with Crippen molar-refractivity contribution in [2.24, 2.45) is 0 Å². The minimum atomic E-state index is -3.64. The van der Waals surface area contributed by atoms with Crippen LogP contribution in [-0.2, 0) is 10.0 Å². The van der Waals surface area contributed by atoms with Crippen molar-refractivity contribution in [1.82, 2.24) is 4.31 Å². The summed E-state index contributed by atoms with van der Waals surface area (Å²) in [6.07, 6.45) is 2.60. The molecule has 7 heteroatoms. The fourth-order valence-electron chi connectivity index (χ4n) is 2.54. The van der Waals surface area contributed by atoms with Crippen LogP contribution in [0.25, 0.3) is 0 Å². The molecule has 0 aliphatic heterocycles. The van der Waals surface area contributed by atoms with Crippen LogP contribution in [0.2, 0.25) is 0 Å². The molecule has 2 atom stereocenters. The van der Waals surface area contributed by atoms with Gasteiger partial charge in [-0.1, -0.05) is 12.8 Å². The van der Waals surface area contributed by atoms with Crippen molar-refractivity contribution < 1.29 is 13.5 Å². The van der Waals surface area contributed by atoms with Crippen molar-refractivity contribution >= 4 is 31.6 Å². The number of aliphatic hydroxyl groups is 1. The minimum Gasteiger partial charge on any atom is -0.398 e. The van der Waals surface area contributed by atoms with Gasteiger partial charge in [0.05, 0.1) is 17.0 Å². The third-order valence-corrected chi connectivity index (χ3v) is 6.41. The molecule has 0 radical (unpaired) electrons. The summed E-state index contributed by atoms with van der Waals surface area (Å²) in [6.45, 7) is 0. The number of anilines is 1. The van der Waals surface area contributed by atoms with E-state index in [1.54, 1.807) is 6.07 Å². The Morgan fingerprint density at radius 1 is 1.35 bits per heavy atom. The maximum absolute atomic E-state index is 12.6. The summed E-state index contributed by atoms with van der Waals surface area (Å²) in [6, 6.07) is 4.21. The number of nitrogens with zero attached hydrogens (tertiary/aromatic N) is 1. The molecule has 1 aliphatic rings. The fraction of sp³-hybridized carbons (Fsp3) is 0.538. The van der Waals surface area contributed by atoms with Crippen LogP contribution in [0.5, 0.6) is 0 Å². The van der Waals surface area contributed by atoms with Gasteiger partial charge in [-0.3, -0.25) is 0 Å².